The van der Waals surface area contributed by atoms with Crippen molar-refractivity contribution in [2.45, 2.75) is 13.0 Å². The first kappa shape index (κ1) is 10.8. The van der Waals surface area contributed by atoms with Crippen LogP contribution in [-0.4, -0.2) is 29.6 Å². The molecule has 1 atom stereocenters. The smallest absolute Gasteiger partial charge is 0.147 e. The number of benzene rings is 1. The van der Waals surface area contributed by atoms with Crippen molar-refractivity contribution >= 4 is 16.9 Å². The second-order valence-electron chi connectivity index (χ2n) is 4.07. The fourth-order valence-corrected chi connectivity index (χ4v) is 1.66. The molecule has 0 aliphatic heterocycles. The Labute approximate surface area is 95.1 Å². The van der Waals surface area contributed by atoms with Gasteiger partial charge >= 0.3 is 0 Å². The van der Waals surface area contributed by atoms with Crippen molar-refractivity contribution in [3.05, 3.63) is 30.5 Å². The fraction of sp³-hybridized carbons (Fsp3) is 0.333. The van der Waals surface area contributed by atoms with Gasteiger partial charge < -0.3 is 10.6 Å². The summed E-state index contributed by atoms with van der Waals surface area (Å²) in [4.78, 5) is 10.9. The number of aromatic nitrogens is 2. The van der Waals surface area contributed by atoms with Crippen LogP contribution >= 0.6 is 0 Å². The third-order valence-corrected chi connectivity index (χ3v) is 2.39. The Morgan fingerprint density at radius 1 is 1.31 bits per heavy atom. The molecule has 1 aromatic carbocycles. The molecule has 84 valence electrons. The lowest BCUT2D eigenvalue weighted by Gasteiger charge is -2.19. The van der Waals surface area contributed by atoms with Crippen molar-refractivity contribution in [1.82, 2.24) is 9.97 Å². The predicted molar refractivity (Wildman–Crippen MR) is 66.5 cm³/mol. The summed E-state index contributed by atoms with van der Waals surface area (Å²) < 4.78 is 0. The summed E-state index contributed by atoms with van der Waals surface area (Å²) in [6.45, 7) is 2.75. The lowest BCUT2D eigenvalue weighted by atomic mass is 10.3. The van der Waals surface area contributed by atoms with Crippen LogP contribution in [0.4, 0.5) is 5.82 Å². The van der Waals surface area contributed by atoms with Crippen LogP contribution in [0.15, 0.2) is 30.5 Å². The van der Waals surface area contributed by atoms with Crippen LogP contribution in [0.1, 0.15) is 6.92 Å². The second-order valence-corrected chi connectivity index (χ2v) is 4.07. The van der Waals surface area contributed by atoms with Crippen molar-refractivity contribution in [1.29, 1.82) is 0 Å². The number of para-hydroxylation sites is 2. The zero-order chi connectivity index (χ0) is 11.5. The SMILES string of the molecule is CC(N)CN(C)c1cnc2ccccc2n1. The summed E-state index contributed by atoms with van der Waals surface area (Å²) in [7, 11) is 1.97. The van der Waals surface area contributed by atoms with E-state index in [1.54, 1.807) is 6.20 Å². The van der Waals surface area contributed by atoms with Crippen LogP contribution < -0.4 is 10.6 Å². The van der Waals surface area contributed by atoms with Gasteiger partial charge in [0.15, 0.2) is 0 Å². The van der Waals surface area contributed by atoms with Crippen molar-refractivity contribution in [3.8, 4) is 0 Å². The summed E-state index contributed by atoms with van der Waals surface area (Å²) in [5, 5.41) is 0. The van der Waals surface area contributed by atoms with Crippen molar-refractivity contribution in [2.75, 3.05) is 18.5 Å². The van der Waals surface area contributed by atoms with Gasteiger partial charge in [0.25, 0.3) is 0 Å². The molecule has 0 aliphatic rings. The molecule has 1 unspecified atom stereocenters. The molecule has 0 bridgehead atoms. The zero-order valence-corrected chi connectivity index (χ0v) is 9.59. The van der Waals surface area contributed by atoms with Crippen LogP contribution in [0.2, 0.25) is 0 Å². The van der Waals surface area contributed by atoms with Crippen molar-refractivity contribution < 1.29 is 0 Å². The molecular formula is C12H16N4. The van der Waals surface area contributed by atoms with E-state index in [0.29, 0.717) is 0 Å². The number of anilines is 1. The van der Waals surface area contributed by atoms with Crippen LogP contribution in [0.5, 0.6) is 0 Å². The molecule has 0 aliphatic carbocycles. The second kappa shape index (κ2) is 4.45. The predicted octanol–water partition coefficient (Wildman–Crippen LogP) is 1.41. The summed E-state index contributed by atoms with van der Waals surface area (Å²) >= 11 is 0. The first-order chi connectivity index (χ1) is 7.66. The Balaban J connectivity index is 2.32. The third-order valence-electron chi connectivity index (χ3n) is 2.39. The minimum Gasteiger partial charge on any atom is -0.357 e. The van der Waals surface area contributed by atoms with Gasteiger partial charge in [-0.15, -0.1) is 0 Å². The summed E-state index contributed by atoms with van der Waals surface area (Å²) in [5.41, 5.74) is 7.58. The van der Waals surface area contributed by atoms with Crippen LogP contribution in [-0.2, 0) is 0 Å². The molecule has 0 saturated carbocycles. The number of nitrogens with zero attached hydrogens (tertiary/aromatic N) is 3. The van der Waals surface area contributed by atoms with Gasteiger partial charge in [0.1, 0.15) is 5.82 Å². The Kier molecular flexibility index (Phi) is 3.01. The average Bonchev–Trinajstić information content (AvgIpc) is 2.27. The largest absolute Gasteiger partial charge is 0.357 e. The van der Waals surface area contributed by atoms with Gasteiger partial charge in [0.2, 0.25) is 0 Å². The third kappa shape index (κ3) is 2.28. The maximum atomic E-state index is 5.75. The van der Waals surface area contributed by atoms with Gasteiger partial charge in [0, 0.05) is 19.6 Å². The van der Waals surface area contributed by atoms with Crippen LogP contribution in [0.25, 0.3) is 11.0 Å². The van der Waals surface area contributed by atoms with E-state index < -0.39 is 0 Å². The molecule has 2 rings (SSSR count). The minimum atomic E-state index is 0.123. The van der Waals surface area contributed by atoms with E-state index in [9.17, 15) is 0 Å². The van der Waals surface area contributed by atoms with Crippen molar-refractivity contribution in [3.63, 3.8) is 0 Å². The first-order valence-corrected chi connectivity index (χ1v) is 5.35. The average molecular weight is 216 g/mol. The molecule has 0 fully saturated rings. The first-order valence-electron chi connectivity index (χ1n) is 5.35. The molecule has 2 N–H and O–H groups in total. The maximum Gasteiger partial charge on any atom is 0.147 e. The highest BCUT2D eigenvalue weighted by Gasteiger charge is 2.06. The highest BCUT2D eigenvalue weighted by Crippen LogP contribution is 2.13. The molecule has 16 heavy (non-hydrogen) atoms. The lowest BCUT2D eigenvalue weighted by Crippen LogP contribution is -2.33. The van der Waals surface area contributed by atoms with E-state index in [4.69, 9.17) is 5.73 Å². The number of rotatable bonds is 3. The van der Waals surface area contributed by atoms with Crippen molar-refractivity contribution in [2.24, 2.45) is 5.73 Å². The summed E-state index contributed by atoms with van der Waals surface area (Å²) in [5.74, 6) is 0.857. The molecule has 1 heterocycles. The molecule has 0 spiro atoms. The van der Waals surface area contributed by atoms with Gasteiger partial charge in [-0.05, 0) is 19.1 Å². The topological polar surface area (TPSA) is 55.0 Å². The van der Waals surface area contributed by atoms with E-state index in [2.05, 4.69) is 9.97 Å². The van der Waals surface area contributed by atoms with E-state index in [1.165, 1.54) is 0 Å². The molecular weight excluding hydrogens is 200 g/mol. The number of hydrogen-bond acceptors (Lipinski definition) is 4. The van der Waals surface area contributed by atoms with E-state index in [-0.39, 0.29) is 6.04 Å². The normalized spacial score (nSPS) is 12.7. The molecule has 4 heteroatoms. The Bertz CT molecular complexity index is 481. The summed E-state index contributed by atoms with van der Waals surface area (Å²) in [6.07, 6.45) is 1.78. The van der Waals surface area contributed by atoms with Gasteiger partial charge in [-0.3, -0.25) is 4.98 Å². The van der Waals surface area contributed by atoms with E-state index >= 15 is 0 Å². The highest BCUT2D eigenvalue weighted by atomic mass is 15.2. The van der Waals surface area contributed by atoms with E-state index in [1.807, 2.05) is 43.1 Å². The number of nitrogens with two attached hydrogens (primary N) is 1. The van der Waals surface area contributed by atoms with Gasteiger partial charge in [-0.1, -0.05) is 12.1 Å². The standard InChI is InChI=1S/C12H16N4/c1-9(13)8-16(2)12-7-14-10-5-3-4-6-11(10)15-12/h3-7,9H,8,13H2,1-2H3. The van der Waals surface area contributed by atoms with Crippen LogP contribution in [0.3, 0.4) is 0 Å². The Morgan fingerprint density at radius 3 is 2.69 bits per heavy atom. The maximum absolute atomic E-state index is 5.75. The van der Waals surface area contributed by atoms with Crippen LogP contribution in [0, 0.1) is 0 Å². The molecule has 4 nitrogen and oxygen atoms in total. The Morgan fingerprint density at radius 2 is 2.00 bits per heavy atom. The summed E-state index contributed by atoms with van der Waals surface area (Å²) in [6, 6.07) is 7.97. The van der Waals surface area contributed by atoms with Gasteiger partial charge in [-0.2, -0.15) is 0 Å². The fourth-order valence-electron chi connectivity index (χ4n) is 1.66. The molecule has 0 amide bonds. The lowest BCUT2D eigenvalue weighted by molar-refractivity contribution is 0.712. The highest BCUT2D eigenvalue weighted by molar-refractivity contribution is 5.75. The molecule has 0 saturated heterocycles. The van der Waals surface area contributed by atoms with E-state index in [0.717, 1.165) is 23.4 Å². The monoisotopic (exact) mass is 216 g/mol. The van der Waals surface area contributed by atoms with Gasteiger partial charge in [-0.25, -0.2) is 4.98 Å². The number of likely N-dealkylation sites (N-methyl/N-ethyl adjacent to an activating group) is 1. The number of fused-ring (bicyclic) bond motifs is 1. The molecule has 0 radical (unpaired) electrons. The quantitative estimate of drug-likeness (QED) is 0.843. The minimum absolute atomic E-state index is 0.123. The van der Waals surface area contributed by atoms with Gasteiger partial charge in [0.05, 0.1) is 17.2 Å². The molecule has 2 aromatic rings. The Hall–Kier alpha value is -1.68. The zero-order valence-electron chi connectivity index (χ0n) is 9.59. The number of hydrogen-bond donors (Lipinski definition) is 1. The molecule has 1 aromatic heterocycles.